The summed E-state index contributed by atoms with van der Waals surface area (Å²) in [7, 11) is 0. The van der Waals surface area contributed by atoms with Crippen molar-refractivity contribution in [1.29, 1.82) is 0 Å². The second-order valence-corrected chi connectivity index (χ2v) is 5.65. The van der Waals surface area contributed by atoms with Crippen molar-refractivity contribution in [3.05, 3.63) is 66.1 Å². The molecule has 0 aliphatic rings. The first kappa shape index (κ1) is 15.9. The Morgan fingerprint density at radius 3 is 2.58 bits per heavy atom. The topological polar surface area (TPSA) is 68.0 Å². The number of carbonyl (C=O) groups excluding carboxylic acids is 1. The Bertz CT molecular complexity index is 795. The molecule has 0 bridgehead atoms. The Morgan fingerprint density at radius 1 is 1.08 bits per heavy atom. The van der Waals surface area contributed by atoms with E-state index in [-0.39, 0.29) is 5.91 Å². The van der Waals surface area contributed by atoms with Crippen LogP contribution < -0.4 is 5.32 Å². The Morgan fingerprint density at radius 2 is 1.83 bits per heavy atom. The highest BCUT2D eigenvalue weighted by Gasteiger charge is 2.09. The zero-order valence-corrected chi connectivity index (χ0v) is 13.5. The molecule has 0 saturated carbocycles. The first-order valence-corrected chi connectivity index (χ1v) is 7.95. The normalized spacial score (nSPS) is 10.5. The molecule has 0 aliphatic heterocycles. The van der Waals surface area contributed by atoms with Crippen LogP contribution >= 0.6 is 0 Å². The first-order valence-electron chi connectivity index (χ1n) is 7.95. The third-order valence-electron chi connectivity index (χ3n) is 3.63. The van der Waals surface area contributed by atoms with Crippen LogP contribution in [0.1, 0.15) is 24.3 Å². The highest BCUT2D eigenvalue weighted by molar-refractivity contribution is 5.90. The van der Waals surface area contributed by atoms with Crippen molar-refractivity contribution in [1.82, 2.24) is 10.1 Å². The van der Waals surface area contributed by atoms with Crippen molar-refractivity contribution >= 4 is 11.6 Å². The molecule has 0 saturated heterocycles. The van der Waals surface area contributed by atoms with E-state index >= 15 is 0 Å². The number of aromatic nitrogens is 2. The van der Waals surface area contributed by atoms with Gasteiger partial charge in [-0.25, -0.2) is 0 Å². The molecule has 122 valence electrons. The number of nitrogens with zero attached hydrogens (tertiary/aromatic N) is 2. The van der Waals surface area contributed by atoms with Crippen LogP contribution in [0.15, 0.2) is 59.1 Å². The molecule has 1 heterocycles. The van der Waals surface area contributed by atoms with Crippen molar-refractivity contribution < 1.29 is 9.32 Å². The summed E-state index contributed by atoms with van der Waals surface area (Å²) < 4.78 is 5.26. The fourth-order valence-electron chi connectivity index (χ4n) is 2.32. The molecule has 0 aliphatic carbocycles. The van der Waals surface area contributed by atoms with E-state index < -0.39 is 0 Å². The van der Waals surface area contributed by atoms with Gasteiger partial charge in [0, 0.05) is 24.1 Å². The van der Waals surface area contributed by atoms with E-state index in [1.54, 1.807) is 0 Å². The molecule has 2 aromatic carbocycles. The third-order valence-corrected chi connectivity index (χ3v) is 3.63. The van der Waals surface area contributed by atoms with Crippen molar-refractivity contribution in [2.75, 3.05) is 5.32 Å². The van der Waals surface area contributed by atoms with Gasteiger partial charge in [-0.2, -0.15) is 4.98 Å². The smallest absolute Gasteiger partial charge is 0.226 e. The molecule has 3 rings (SSSR count). The van der Waals surface area contributed by atoms with Crippen LogP contribution in [0.25, 0.3) is 11.4 Å². The summed E-state index contributed by atoms with van der Waals surface area (Å²) in [5.74, 6) is 1.12. The van der Waals surface area contributed by atoms with Gasteiger partial charge in [0.2, 0.25) is 17.6 Å². The van der Waals surface area contributed by atoms with Gasteiger partial charge in [0.15, 0.2) is 0 Å². The quantitative estimate of drug-likeness (QED) is 0.745. The lowest BCUT2D eigenvalue weighted by Crippen LogP contribution is -2.11. The van der Waals surface area contributed by atoms with E-state index in [9.17, 15) is 4.79 Å². The van der Waals surface area contributed by atoms with E-state index in [0.29, 0.717) is 31.0 Å². The minimum absolute atomic E-state index is 0.0144. The number of carbonyl (C=O) groups is 1. The summed E-state index contributed by atoms with van der Waals surface area (Å²) in [5.41, 5.74) is 2.92. The van der Waals surface area contributed by atoms with Gasteiger partial charge >= 0.3 is 0 Å². The maximum Gasteiger partial charge on any atom is 0.226 e. The molecule has 5 nitrogen and oxygen atoms in total. The second kappa shape index (κ2) is 7.55. The van der Waals surface area contributed by atoms with E-state index in [1.807, 2.05) is 61.5 Å². The third kappa shape index (κ3) is 4.29. The Kier molecular flexibility index (Phi) is 5.01. The van der Waals surface area contributed by atoms with Crippen molar-refractivity contribution in [3.63, 3.8) is 0 Å². The maximum atomic E-state index is 11.9. The summed E-state index contributed by atoms with van der Waals surface area (Å²) in [4.78, 5) is 16.3. The zero-order chi connectivity index (χ0) is 16.8. The number of nitrogens with one attached hydrogen (secondary N) is 1. The van der Waals surface area contributed by atoms with Crippen molar-refractivity contribution in [2.45, 2.75) is 26.2 Å². The number of para-hydroxylation sites is 1. The fraction of sp³-hybridized carbons (Fsp3) is 0.211. The first-order chi connectivity index (χ1) is 11.7. The predicted octanol–water partition coefficient (Wildman–Crippen LogP) is 4.01. The number of anilines is 1. The molecule has 1 aromatic heterocycles. The Hall–Kier alpha value is -2.95. The number of hydrogen-bond acceptors (Lipinski definition) is 4. The van der Waals surface area contributed by atoms with Crippen LogP contribution in [0, 0.1) is 6.92 Å². The highest BCUT2D eigenvalue weighted by atomic mass is 16.5. The molecule has 5 heteroatoms. The number of hydrogen-bond donors (Lipinski definition) is 1. The summed E-state index contributed by atoms with van der Waals surface area (Å²) in [6, 6.07) is 17.4. The predicted molar refractivity (Wildman–Crippen MR) is 92.5 cm³/mol. The van der Waals surface area contributed by atoms with Crippen molar-refractivity contribution in [2.24, 2.45) is 0 Å². The molecule has 0 spiro atoms. The number of amides is 1. The molecule has 0 radical (unpaired) electrons. The van der Waals surface area contributed by atoms with Crippen LogP contribution in [0.5, 0.6) is 0 Å². The molecule has 24 heavy (non-hydrogen) atoms. The second-order valence-electron chi connectivity index (χ2n) is 5.65. The maximum absolute atomic E-state index is 11.9. The lowest BCUT2D eigenvalue weighted by Gasteiger charge is -2.03. The van der Waals surface area contributed by atoms with Crippen LogP contribution in [-0.4, -0.2) is 16.0 Å². The minimum Gasteiger partial charge on any atom is -0.339 e. The fourth-order valence-corrected chi connectivity index (χ4v) is 2.32. The SMILES string of the molecule is Cc1ccc(-c2noc(CCCC(=O)Nc3ccccc3)n2)cc1. The van der Waals surface area contributed by atoms with Gasteiger partial charge < -0.3 is 9.84 Å². The monoisotopic (exact) mass is 321 g/mol. The molecular weight excluding hydrogens is 302 g/mol. The lowest BCUT2D eigenvalue weighted by molar-refractivity contribution is -0.116. The number of rotatable bonds is 6. The minimum atomic E-state index is -0.0144. The Balaban J connectivity index is 1.49. The van der Waals surface area contributed by atoms with Gasteiger partial charge in [-0.15, -0.1) is 0 Å². The van der Waals surface area contributed by atoms with Crippen molar-refractivity contribution in [3.8, 4) is 11.4 Å². The molecule has 0 fully saturated rings. The van der Waals surface area contributed by atoms with Gasteiger partial charge in [-0.05, 0) is 25.5 Å². The number of benzene rings is 2. The Labute approximate surface area is 140 Å². The largest absolute Gasteiger partial charge is 0.339 e. The molecule has 0 atom stereocenters. The highest BCUT2D eigenvalue weighted by Crippen LogP contribution is 2.17. The molecule has 1 amide bonds. The van der Waals surface area contributed by atoms with Gasteiger partial charge in [0.25, 0.3) is 0 Å². The average Bonchev–Trinajstić information content (AvgIpc) is 3.05. The molecule has 0 unspecified atom stereocenters. The molecule has 3 aromatic rings. The summed E-state index contributed by atoms with van der Waals surface area (Å²) in [5, 5.41) is 6.85. The molecular formula is C19H19N3O2. The lowest BCUT2D eigenvalue weighted by atomic mass is 10.1. The van der Waals surface area contributed by atoms with E-state index in [4.69, 9.17) is 4.52 Å². The van der Waals surface area contributed by atoms with Gasteiger partial charge in [0.05, 0.1) is 0 Å². The summed E-state index contributed by atoms with van der Waals surface area (Å²) >= 11 is 0. The van der Waals surface area contributed by atoms with Crippen LogP contribution in [0.4, 0.5) is 5.69 Å². The zero-order valence-electron chi connectivity index (χ0n) is 13.5. The van der Waals surface area contributed by atoms with E-state index in [2.05, 4.69) is 15.5 Å². The van der Waals surface area contributed by atoms with Gasteiger partial charge in [-0.1, -0.05) is 53.2 Å². The van der Waals surface area contributed by atoms with E-state index in [1.165, 1.54) is 5.56 Å². The molecule has 1 N–H and O–H groups in total. The van der Waals surface area contributed by atoms with Gasteiger partial charge in [0.1, 0.15) is 0 Å². The average molecular weight is 321 g/mol. The van der Waals surface area contributed by atoms with E-state index in [0.717, 1.165) is 11.3 Å². The van der Waals surface area contributed by atoms with Crippen LogP contribution in [0.2, 0.25) is 0 Å². The van der Waals surface area contributed by atoms with Crippen LogP contribution in [0.3, 0.4) is 0 Å². The van der Waals surface area contributed by atoms with Gasteiger partial charge in [-0.3, -0.25) is 4.79 Å². The standard InChI is InChI=1S/C19H19N3O2/c1-14-10-12-15(13-11-14)19-21-18(24-22-19)9-5-8-17(23)20-16-6-3-2-4-7-16/h2-4,6-7,10-13H,5,8-9H2,1H3,(H,20,23). The van der Waals surface area contributed by atoms with Crippen LogP contribution in [-0.2, 0) is 11.2 Å². The summed E-state index contributed by atoms with van der Waals surface area (Å²) in [6.07, 6.45) is 1.66. The number of aryl methyl sites for hydroxylation is 2. The summed E-state index contributed by atoms with van der Waals surface area (Å²) in [6.45, 7) is 2.03.